The number of hydrogen-bond donors (Lipinski definition) is 0. The van der Waals surface area contributed by atoms with Crippen LogP contribution in [0.15, 0.2) is 54.6 Å². The molecule has 0 aliphatic carbocycles. The Kier molecular flexibility index (Phi) is 3.92. The van der Waals surface area contributed by atoms with E-state index in [4.69, 9.17) is 7.57 Å². The van der Waals surface area contributed by atoms with Crippen molar-refractivity contribution in [2.24, 2.45) is 0 Å². The normalized spacial score (nSPS) is 14.4. The molecule has 0 saturated carbocycles. The van der Waals surface area contributed by atoms with Crippen LogP contribution in [0.1, 0.15) is 25.3 Å². The molecule has 0 aliphatic heterocycles. The van der Waals surface area contributed by atoms with Crippen LogP contribution in [-0.2, 0) is 0 Å². The summed E-state index contributed by atoms with van der Waals surface area (Å²) >= 11 is 0. The predicted octanol–water partition coefficient (Wildman–Crippen LogP) is 3.49. The predicted molar refractivity (Wildman–Crippen MR) is 84.8 cm³/mol. The highest BCUT2D eigenvalue weighted by molar-refractivity contribution is 8.08. The fraction of sp³-hybridized carbons (Fsp3) is 0.250. The van der Waals surface area contributed by atoms with Gasteiger partial charge in [-0.15, -0.1) is 0 Å². The fourth-order valence-electron chi connectivity index (χ4n) is 2.28. The summed E-state index contributed by atoms with van der Waals surface area (Å²) < 4.78 is 0. The second-order valence-corrected chi connectivity index (χ2v) is 8.27. The van der Waals surface area contributed by atoms with E-state index in [1.807, 2.05) is 6.07 Å². The van der Waals surface area contributed by atoms with Crippen LogP contribution in [0, 0.1) is 0 Å². The van der Waals surface area contributed by atoms with Crippen LogP contribution in [-0.4, -0.2) is 14.2 Å². The summed E-state index contributed by atoms with van der Waals surface area (Å²) in [5, 5.41) is 2.59. The van der Waals surface area contributed by atoms with Gasteiger partial charge in [0, 0.05) is 13.8 Å². The summed E-state index contributed by atoms with van der Waals surface area (Å²) in [4.78, 5) is 0. The lowest BCUT2D eigenvalue weighted by Gasteiger charge is -2.22. The molecule has 18 heavy (non-hydrogen) atoms. The van der Waals surface area contributed by atoms with E-state index < -0.39 is 7.14 Å². The van der Waals surface area contributed by atoms with Gasteiger partial charge in [0.25, 0.3) is 0 Å². The molecule has 2 radical (unpaired) electrons. The smallest absolute Gasteiger partial charge is 0.0620 e. The van der Waals surface area contributed by atoms with Crippen molar-refractivity contribution in [1.82, 2.24) is 0 Å². The zero-order valence-corrected chi connectivity index (χ0v) is 12.2. The largest absolute Gasteiger partial charge is 0.377 e. The van der Waals surface area contributed by atoms with E-state index >= 15 is 0 Å². The van der Waals surface area contributed by atoms with Gasteiger partial charge < -0.3 is 0 Å². The zero-order chi connectivity index (χ0) is 13.2. The SMILES string of the molecule is [B][P+](C)(c1ccccc1)c1ccccc1C(C)C. The molecule has 0 saturated heterocycles. The lowest BCUT2D eigenvalue weighted by atomic mass is 10.0. The van der Waals surface area contributed by atoms with Crippen LogP contribution in [0.4, 0.5) is 0 Å². The van der Waals surface area contributed by atoms with E-state index in [0.29, 0.717) is 5.92 Å². The molecule has 0 N–H and O–H groups in total. The second kappa shape index (κ2) is 5.28. The van der Waals surface area contributed by atoms with Crippen LogP contribution in [0.5, 0.6) is 0 Å². The van der Waals surface area contributed by atoms with Gasteiger partial charge in [0.05, 0.1) is 10.6 Å². The van der Waals surface area contributed by atoms with Gasteiger partial charge >= 0.3 is 7.57 Å². The molecule has 90 valence electrons. The third kappa shape index (κ3) is 2.52. The van der Waals surface area contributed by atoms with Gasteiger partial charge in [0.15, 0.2) is 0 Å². The summed E-state index contributed by atoms with van der Waals surface area (Å²) in [5.74, 6) is 0.507. The first-order valence-corrected chi connectivity index (χ1v) is 8.64. The Morgan fingerprint density at radius 1 is 0.889 bits per heavy atom. The standard InChI is InChI=1S/C16H19BP/c1-13(2)15-11-7-8-12-16(15)18(3,17)14-9-5-4-6-10-14/h4-13H,1-3H3/q+1. The van der Waals surface area contributed by atoms with Crippen molar-refractivity contribution in [3.63, 3.8) is 0 Å². The first-order chi connectivity index (χ1) is 8.53. The maximum atomic E-state index is 6.71. The molecule has 0 aliphatic rings. The van der Waals surface area contributed by atoms with Gasteiger partial charge in [-0.3, -0.25) is 0 Å². The fourth-order valence-corrected chi connectivity index (χ4v) is 4.61. The molecule has 0 spiro atoms. The van der Waals surface area contributed by atoms with Crippen LogP contribution in [0.2, 0.25) is 0 Å². The monoisotopic (exact) mass is 253 g/mol. The highest BCUT2D eigenvalue weighted by Gasteiger charge is 2.33. The molecule has 2 rings (SSSR count). The summed E-state index contributed by atoms with van der Waals surface area (Å²) in [5.41, 5.74) is 1.37. The van der Waals surface area contributed by atoms with Gasteiger partial charge in [-0.2, -0.15) is 0 Å². The summed E-state index contributed by atoms with van der Waals surface area (Å²) in [7, 11) is 4.97. The summed E-state index contributed by atoms with van der Waals surface area (Å²) in [6.45, 7) is 6.65. The quantitative estimate of drug-likeness (QED) is 0.580. The first-order valence-electron chi connectivity index (χ1n) is 6.33. The van der Waals surface area contributed by atoms with Crippen molar-refractivity contribution in [3.8, 4) is 0 Å². The average molecular weight is 253 g/mol. The highest BCUT2D eigenvalue weighted by atomic mass is 31.2. The number of hydrogen-bond acceptors (Lipinski definition) is 0. The topological polar surface area (TPSA) is 0 Å². The molecule has 2 aromatic carbocycles. The minimum atomic E-state index is -1.74. The second-order valence-electron chi connectivity index (χ2n) is 5.12. The van der Waals surface area contributed by atoms with Crippen LogP contribution < -0.4 is 10.6 Å². The third-order valence-electron chi connectivity index (χ3n) is 3.35. The first kappa shape index (κ1) is 13.4. The maximum Gasteiger partial charge on any atom is 0.377 e. The van der Waals surface area contributed by atoms with E-state index in [-0.39, 0.29) is 0 Å². The van der Waals surface area contributed by atoms with Gasteiger partial charge in [-0.25, -0.2) is 0 Å². The Morgan fingerprint density at radius 2 is 1.44 bits per heavy atom. The molecular weight excluding hydrogens is 234 g/mol. The summed E-state index contributed by atoms with van der Waals surface area (Å²) in [6, 6.07) is 19.0. The van der Waals surface area contributed by atoms with Crippen molar-refractivity contribution in [1.29, 1.82) is 0 Å². The molecular formula is C16H19BP+. The molecule has 1 atom stereocenters. The number of benzene rings is 2. The Hall–Kier alpha value is -1.07. The Labute approximate surface area is 112 Å². The maximum absolute atomic E-state index is 6.71. The van der Waals surface area contributed by atoms with E-state index in [0.717, 1.165) is 0 Å². The zero-order valence-electron chi connectivity index (χ0n) is 11.3. The van der Waals surface area contributed by atoms with Crippen molar-refractivity contribution in [3.05, 3.63) is 60.2 Å². The lowest BCUT2D eigenvalue weighted by Crippen LogP contribution is -2.24. The third-order valence-corrected chi connectivity index (χ3v) is 6.13. The minimum absolute atomic E-state index is 0.507. The van der Waals surface area contributed by atoms with E-state index in [1.165, 1.54) is 16.2 Å². The molecule has 0 heterocycles. The average Bonchev–Trinajstić information content (AvgIpc) is 2.39. The molecule has 0 aromatic heterocycles. The molecule has 1 unspecified atom stereocenters. The van der Waals surface area contributed by atoms with Gasteiger partial charge in [0.1, 0.15) is 0 Å². The van der Waals surface area contributed by atoms with E-state index in [9.17, 15) is 0 Å². The van der Waals surface area contributed by atoms with Crippen LogP contribution in [0.25, 0.3) is 0 Å². The van der Waals surface area contributed by atoms with E-state index in [2.05, 4.69) is 69.0 Å². The summed E-state index contributed by atoms with van der Waals surface area (Å²) in [6.07, 6.45) is 0. The Morgan fingerprint density at radius 3 is 2.06 bits per heavy atom. The van der Waals surface area contributed by atoms with Crippen molar-refractivity contribution < 1.29 is 0 Å². The van der Waals surface area contributed by atoms with Crippen molar-refractivity contribution in [2.45, 2.75) is 19.8 Å². The van der Waals surface area contributed by atoms with E-state index in [1.54, 1.807) is 0 Å². The molecule has 2 aromatic rings. The molecule has 0 amide bonds. The van der Waals surface area contributed by atoms with Crippen LogP contribution >= 0.6 is 7.14 Å². The van der Waals surface area contributed by atoms with Gasteiger partial charge in [0.2, 0.25) is 0 Å². The Bertz CT molecular complexity index is 518. The molecule has 0 fully saturated rings. The highest BCUT2D eigenvalue weighted by Crippen LogP contribution is 2.48. The molecule has 2 heteroatoms. The van der Waals surface area contributed by atoms with Gasteiger partial charge in [-0.05, 0) is 29.7 Å². The Balaban J connectivity index is 2.54. The van der Waals surface area contributed by atoms with Gasteiger partial charge in [-0.1, -0.05) is 50.2 Å². The lowest BCUT2D eigenvalue weighted by molar-refractivity contribution is 0.873. The number of rotatable bonds is 3. The molecule has 0 nitrogen and oxygen atoms in total. The minimum Gasteiger partial charge on any atom is -0.0620 e. The van der Waals surface area contributed by atoms with Crippen molar-refractivity contribution in [2.75, 3.05) is 6.66 Å². The molecule has 0 bridgehead atoms. The van der Waals surface area contributed by atoms with Crippen LogP contribution in [0.3, 0.4) is 0 Å². The van der Waals surface area contributed by atoms with Crippen molar-refractivity contribution >= 4 is 25.3 Å².